The lowest BCUT2D eigenvalue weighted by Crippen LogP contribution is -2.01. The van der Waals surface area contributed by atoms with Gasteiger partial charge in [0.05, 0.1) is 16.7 Å². The van der Waals surface area contributed by atoms with Crippen molar-refractivity contribution in [2.24, 2.45) is 0 Å². The number of benzene rings is 3. The average molecular weight is 363 g/mol. The van der Waals surface area contributed by atoms with Gasteiger partial charge in [-0.05, 0) is 44.0 Å². The van der Waals surface area contributed by atoms with Crippen LogP contribution in [0.1, 0.15) is 16.7 Å². The van der Waals surface area contributed by atoms with Gasteiger partial charge >= 0.3 is 0 Å². The van der Waals surface area contributed by atoms with Gasteiger partial charge < -0.3 is 0 Å². The zero-order valence-electron chi connectivity index (χ0n) is 16.3. The fourth-order valence-corrected chi connectivity index (χ4v) is 3.80. The van der Waals surface area contributed by atoms with Crippen LogP contribution in [0.15, 0.2) is 72.9 Å². The van der Waals surface area contributed by atoms with E-state index in [1.54, 1.807) is 0 Å². The quantitative estimate of drug-likeness (QED) is 0.376. The minimum Gasteiger partial charge on any atom is -0.255 e. The Morgan fingerprint density at radius 3 is 2.36 bits per heavy atom. The number of hydrogen-bond donors (Lipinski definition) is 0. The van der Waals surface area contributed by atoms with Gasteiger partial charge in [0, 0.05) is 22.5 Å². The summed E-state index contributed by atoms with van der Waals surface area (Å²) in [6, 6.07) is 23.2. The monoisotopic (exact) mass is 363 g/mol. The minimum absolute atomic E-state index is 0.967. The molecule has 2 aromatic heterocycles. The highest BCUT2D eigenvalue weighted by atomic mass is 15.3. The maximum absolute atomic E-state index is 5.09. The first kappa shape index (κ1) is 16.7. The van der Waals surface area contributed by atoms with Crippen molar-refractivity contribution in [3.8, 4) is 16.9 Å². The lowest BCUT2D eigenvalue weighted by Gasteiger charge is -2.10. The SMILES string of the molecule is Cc1ccc(-c2nn(-c3cccc(C)c3C)c3c2cnc2ccccc23)cc1. The van der Waals surface area contributed by atoms with E-state index >= 15 is 0 Å². The first-order chi connectivity index (χ1) is 13.6. The molecule has 3 nitrogen and oxygen atoms in total. The van der Waals surface area contributed by atoms with Crippen LogP contribution >= 0.6 is 0 Å². The number of rotatable bonds is 2. The van der Waals surface area contributed by atoms with Gasteiger partial charge in [-0.1, -0.05) is 60.2 Å². The largest absolute Gasteiger partial charge is 0.255 e. The minimum atomic E-state index is 0.967. The summed E-state index contributed by atoms with van der Waals surface area (Å²) in [4.78, 5) is 4.71. The molecule has 28 heavy (non-hydrogen) atoms. The van der Waals surface area contributed by atoms with Gasteiger partial charge in [0.1, 0.15) is 5.69 Å². The molecule has 2 heterocycles. The highest BCUT2D eigenvalue weighted by molar-refractivity contribution is 6.08. The van der Waals surface area contributed by atoms with Crippen molar-refractivity contribution in [1.82, 2.24) is 14.8 Å². The predicted octanol–water partition coefficient (Wildman–Crippen LogP) is 6.17. The van der Waals surface area contributed by atoms with Crippen molar-refractivity contribution >= 4 is 21.8 Å². The Labute approximate surface area is 164 Å². The molecule has 0 amide bonds. The molecular weight excluding hydrogens is 342 g/mol. The molecule has 0 unspecified atom stereocenters. The van der Waals surface area contributed by atoms with Crippen LogP contribution in [0, 0.1) is 20.8 Å². The number of fused-ring (bicyclic) bond motifs is 3. The molecule has 0 aliphatic rings. The molecule has 0 fully saturated rings. The molecule has 0 spiro atoms. The first-order valence-electron chi connectivity index (χ1n) is 9.53. The van der Waals surface area contributed by atoms with Gasteiger partial charge in [0.25, 0.3) is 0 Å². The van der Waals surface area contributed by atoms with E-state index in [1.807, 2.05) is 12.3 Å². The van der Waals surface area contributed by atoms with Gasteiger partial charge in [-0.3, -0.25) is 4.98 Å². The normalized spacial score (nSPS) is 11.4. The Morgan fingerprint density at radius 2 is 1.54 bits per heavy atom. The van der Waals surface area contributed by atoms with Crippen molar-refractivity contribution < 1.29 is 0 Å². The van der Waals surface area contributed by atoms with Crippen LogP contribution in [0.3, 0.4) is 0 Å². The van der Waals surface area contributed by atoms with Crippen LogP contribution in [-0.4, -0.2) is 14.8 Å². The molecule has 0 atom stereocenters. The Kier molecular flexibility index (Phi) is 3.76. The maximum atomic E-state index is 5.09. The van der Waals surface area contributed by atoms with E-state index in [0.717, 1.165) is 38.8 Å². The molecule has 5 rings (SSSR count). The summed E-state index contributed by atoms with van der Waals surface area (Å²) < 4.78 is 2.09. The second-order valence-electron chi connectivity index (χ2n) is 7.38. The topological polar surface area (TPSA) is 30.7 Å². The van der Waals surface area contributed by atoms with Gasteiger partial charge in [-0.25, -0.2) is 4.68 Å². The summed E-state index contributed by atoms with van der Waals surface area (Å²) in [6.45, 7) is 6.41. The maximum Gasteiger partial charge on any atom is 0.102 e. The molecule has 0 aliphatic heterocycles. The van der Waals surface area contributed by atoms with Gasteiger partial charge in [0.2, 0.25) is 0 Å². The third-order valence-electron chi connectivity index (χ3n) is 5.54. The molecule has 0 radical (unpaired) electrons. The smallest absolute Gasteiger partial charge is 0.102 e. The second-order valence-corrected chi connectivity index (χ2v) is 7.38. The Balaban J connectivity index is 1.92. The summed E-state index contributed by atoms with van der Waals surface area (Å²) >= 11 is 0. The van der Waals surface area contributed by atoms with Crippen LogP contribution in [0.25, 0.3) is 38.8 Å². The third kappa shape index (κ3) is 2.51. The lowest BCUT2D eigenvalue weighted by molar-refractivity contribution is 0.906. The van der Waals surface area contributed by atoms with Crippen LogP contribution < -0.4 is 0 Å². The molecule has 0 saturated carbocycles. The van der Waals surface area contributed by atoms with E-state index < -0.39 is 0 Å². The van der Waals surface area contributed by atoms with Crippen molar-refractivity contribution in [3.05, 3.63) is 89.6 Å². The van der Waals surface area contributed by atoms with Crippen molar-refractivity contribution in [3.63, 3.8) is 0 Å². The summed E-state index contributed by atoms with van der Waals surface area (Å²) in [5.41, 5.74) is 9.02. The summed E-state index contributed by atoms with van der Waals surface area (Å²) in [7, 11) is 0. The van der Waals surface area contributed by atoms with Gasteiger partial charge in [0.15, 0.2) is 0 Å². The lowest BCUT2D eigenvalue weighted by atomic mass is 10.1. The summed E-state index contributed by atoms with van der Waals surface area (Å²) in [5.74, 6) is 0. The van der Waals surface area contributed by atoms with Crippen LogP contribution in [0.5, 0.6) is 0 Å². The molecular formula is C25H21N3. The van der Waals surface area contributed by atoms with E-state index in [4.69, 9.17) is 10.1 Å². The number of hydrogen-bond acceptors (Lipinski definition) is 2. The molecule has 3 aromatic carbocycles. The number of para-hydroxylation sites is 1. The highest BCUT2D eigenvalue weighted by Crippen LogP contribution is 2.34. The van der Waals surface area contributed by atoms with Crippen molar-refractivity contribution in [2.75, 3.05) is 0 Å². The zero-order valence-corrected chi connectivity index (χ0v) is 16.3. The molecule has 5 aromatic rings. The van der Waals surface area contributed by atoms with Crippen molar-refractivity contribution in [2.45, 2.75) is 20.8 Å². The van der Waals surface area contributed by atoms with E-state index in [0.29, 0.717) is 0 Å². The van der Waals surface area contributed by atoms with E-state index in [2.05, 4.69) is 86.1 Å². The second kappa shape index (κ2) is 6.31. The fraction of sp³-hybridized carbons (Fsp3) is 0.120. The first-order valence-corrected chi connectivity index (χ1v) is 9.53. The molecule has 0 bridgehead atoms. The predicted molar refractivity (Wildman–Crippen MR) is 116 cm³/mol. The van der Waals surface area contributed by atoms with Crippen LogP contribution in [-0.2, 0) is 0 Å². The van der Waals surface area contributed by atoms with Gasteiger partial charge in [-0.15, -0.1) is 0 Å². The van der Waals surface area contributed by atoms with Crippen LogP contribution in [0.4, 0.5) is 0 Å². The number of aromatic nitrogens is 3. The Morgan fingerprint density at radius 1 is 0.750 bits per heavy atom. The summed E-state index contributed by atoms with van der Waals surface area (Å²) in [6.07, 6.45) is 1.96. The molecule has 3 heteroatoms. The number of aryl methyl sites for hydroxylation is 2. The summed E-state index contributed by atoms with van der Waals surface area (Å²) in [5, 5.41) is 7.28. The van der Waals surface area contributed by atoms with Crippen molar-refractivity contribution in [1.29, 1.82) is 0 Å². The zero-order chi connectivity index (χ0) is 19.3. The standard InChI is InChI=1S/C25H21N3/c1-16-11-13-19(14-12-16)24-21-15-26-22-9-5-4-8-20(22)25(21)28(27-24)23-10-6-7-17(2)18(23)3/h4-15H,1-3H3. The number of pyridine rings is 1. The molecule has 136 valence electrons. The Hall–Kier alpha value is -3.46. The fourth-order valence-electron chi connectivity index (χ4n) is 3.80. The average Bonchev–Trinajstić information content (AvgIpc) is 3.10. The van der Waals surface area contributed by atoms with Gasteiger partial charge in [-0.2, -0.15) is 5.10 Å². The van der Waals surface area contributed by atoms with E-state index in [-0.39, 0.29) is 0 Å². The molecule has 0 aliphatic carbocycles. The molecule has 0 saturated heterocycles. The Bertz CT molecular complexity index is 1330. The van der Waals surface area contributed by atoms with Crippen LogP contribution in [0.2, 0.25) is 0 Å². The van der Waals surface area contributed by atoms with E-state index in [9.17, 15) is 0 Å². The number of nitrogens with zero attached hydrogens (tertiary/aromatic N) is 3. The molecule has 0 N–H and O–H groups in total. The third-order valence-corrected chi connectivity index (χ3v) is 5.54. The van der Waals surface area contributed by atoms with E-state index in [1.165, 1.54) is 16.7 Å². The highest BCUT2D eigenvalue weighted by Gasteiger charge is 2.18.